The summed E-state index contributed by atoms with van der Waals surface area (Å²) in [6.45, 7) is 7.01. The van der Waals surface area contributed by atoms with Crippen LogP contribution in [0.3, 0.4) is 0 Å². The van der Waals surface area contributed by atoms with E-state index >= 15 is 0 Å². The smallest absolute Gasteiger partial charge is 0.406 e. The fourth-order valence-corrected chi connectivity index (χ4v) is 5.82. The highest BCUT2D eigenvalue weighted by Gasteiger charge is 2.55. The van der Waals surface area contributed by atoms with Gasteiger partial charge in [-0.2, -0.15) is 0 Å². The van der Waals surface area contributed by atoms with Crippen molar-refractivity contribution in [1.29, 1.82) is 0 Å². The van der Waals surface area contributed by atoms with E-state index in [9.17, 15) is 18.0 Å². The third-order valence-electron chi connectivity index (χ3n) is 7.56. The van der Waals surface area contributed by atoms with E-state index in [1.807, 2.05) is 18.2 Å². The Morgan fingerprint density at radius 2 is 1.85 bits per heavy atom. The number of imidazole rings is 1. The standard InChI is InChI=1S/C29H32ClF3N4O3/c1-2-11-35-15-24-25(16-35)26(24)17-37(14-21-4-3-5-22(30)13-21)28(38)39-27-18-36(19-34-27)12-10-20-6-8-23(9-7-20)40-29(31,32)33/h3-9,13,18-19,24-26H,2,10-12,14-17H2,1H3. The average molecular weight is 577 g/mol. The van der Waals surface area contributed by atoms with Crippen LogP contribution in [0.5, 0.6) is 11.6 Å². The Morgan fingerprint density at radius 1 is 1.10 bits per heavy atom. The molecule has 1 saturated heterocycles. The van der Waals surface area contributed by atoms with Gasteiger partial charge in [0, 0.05) is 37.7 Å². The second kappa shape index (κ2) is 12.1. The first kappa shape index (κ1) is 28.3. The quantitative estimate of drug-likeness (QED) is 0.269. The molecule has 0 bridgehead atoms. The van der Waals surface area contributed by atoms with Gasteiger partial charge in [-0.3, -0.25) is 0 Å². The number of nitrogens with zero attached hydrogens (tertiary/aromatic N) is 4. The lowest BCUT2D eigenvalue weighted by molar-refractivity contribution is -0.274. The number of hydrogen-bond acceptors (Lipinski definition) is 5. The summed E-state index contributed by atoms with van der Waals surface area (Å²) in [5.41, 5.74) is 1.77. The predicted octanol–water partition coefficient (Wildman–Crippen LogP) is 6.27. The molecular weight excluding hydrogens is 545 g/mol. The van der Waals surface area contributed by atoms with E-state index in [4.69, 9.17) is 16.3 Å². The summed E-state index contributed by atoms with van der Waals surface area (Å²) in [7, 11) is 0. The SMILES string of the molecule is CCCN1CC2C(C1)C2CN(Cc1cccc(Cl)c1)C(=O)Oc1cn(CCc2ccc(OC(F)(F)F)cc2)cn1. The number of carbonyl (C=O) groups excluding carboxylic acids is 1. The van der Waals surface area contributed by atoms with Gasteiger partial charge in [-0.25, -0.2) is 9.78 Å². The highest BCUT2D eigenvalue weighted by Crippen LogP contribution is 2.52. The van der Waals surface area contributed by atoms with Crippen LogP contribution in [-0.2, 0) is 19.5 Å². The molecule has 5 rings (SSSR count). The number of likely N-dealkylation sites (tertiary alicyclic amines) is 1. The van der Waals surface area contributed by atoms with Crippen LogP contribution in [0.25, 0.3) is 0 Å². The zero-order valence-corrected chi connectivity index (χ0v) is 22.9. The van der Waals surface area contributed by atoms with E-state index in [0.29, 0.717) is 48.8 Å². The highest BCUT2D eigenvalue weighted by atomic mass is 35.5. The van der Waals surface area contributed by atoms with E-state index in [-0.39, 0.29) is 11.6 Å². The Morgan fingerprint density at radius 3 is 2.52 bits per heavy atom. The van der Waals surface area contributed by atoms with Crippen molar-refractivity contribution in [2.24, 2.45) is 17.8 Å². The first-order valence-electron chi connectivity index (χ1n) is 13.5. The molecule has 1 saturated carbocycles. The lowest BCUT2D eigenvalue weighted by Gasteiger charge is -2.24. The number of piperidine rings is 1. The number of hydrogen-bond donors (Lipinski definition) is 0. The summed E-state index contributed by atoms with van der Waals surface area (Å²) in [5, 5.41) is 0.616. The van der Waals surface area contributed by atoms with E-state index < -0.39 is 12.5 Å². The van der Waals surface area contributed by atoms with Crippen molar-refractivity contribution in [3.8, 4) is 11.6 Å². The molecule has 2 aromatic carbocycles. The van der Waals surface area contributed by atoms with Gasteiger partial charge in [-0.05, 0) is 72.5 Å². The molecule has 0 spiro atoms. The Balaban J connectivity index is 1.17. The minimum absolute atomic E-state index is 0.195. The number of amides is 1. The molecule has 2 fully saturated rings. The van der Waals surface area contributed by atoms with Gasteiger partial charge in [-0.15, -0.1) is 13.2 Å². The second-order valence-corrected chi connectivity index (χ2v) is 11.0. The molecule has 40 heavy (non-hydrogen) atoms. The van der Waals surface area contributed by atoms with Gasteiger partial charge in [0.25, 0.3) is 0 Å². The Labute approximate surface area is 236 Å². The molecule has 2 heterocycles. The number of ether oxygens (including phenoxy) is 2. The third-order valence-corrected chi connectivity index (χ3v) is 7.79. The molecule has 2 aliphatic rings. The minimum atomic E-state index is -4.72. The van der Waals surface area contributed by atoms with Crippen LogP contribution < -0.4 is 9.47 Å². The summed E-state index contributed by atoms with van der Waals surface area (Å²) in [4.78, 5) is 21.8. The Kier molecular flexibility index (Phi) is 8.56. The number of aromatic nitrogens is 2. The lowest BCUT2D eigenvalue weighted by atomic mass is 10.1. The maximum absolute atomic E-state index is 13.3. The van der Waals surface area contributed by atoms with Crippen molar-refractivity contribution in [2.45, 2.75) is 39.2 Å². The zero-order chi connectivity index (χ0) is 28.3. The van der Waals surface area contributed by atoms with Gasteiger partial charge < -0.3 is 23.8 Å². The molecule has 1 amide bonds. The van der Waals surface area contributed by atoms with E-state index in [1.165, 1.54) is 12.1 Å². The largest absolute Gasteiger partial charge is 0.573 e. The van der Waals surface area contributed by atoms with E-state index in [2.05, 4.69) is 21.5 Å². The van der Waals surface area contributed by atoms with Crippen molar-refractivity contribution in [1.82, 2.24) is 19.4 Å². The number of alkyl halides is 3. The van der Waals surface area contributed by atoms with Crippen LogP contribution in [0.2, 0.25) is 5.02 Å². The molecule has 0 radical (unpaired) electrons. The minimum Gasteiger partial charge on any atom is -0.406 e. The second-order valence-electron chi connectivity index (χ2n) is 10.5. The van der Waals surface area contributed by atoms with Crippen molar-refractivity contribution in [3.05, 3.63) is 77.2 Å². The number of carbonyl (C=O) groups is 1. The number of benzene rings is 2. The fraction of sp³-hybridized carbons (Fsp3) is 0.448. The van der Waals surface area contributed by atoms with Crippen LogP contribution in [-0.4, -0.2) is 58.0 Å². The molecule has 7 nitrogen and oxygen atoms in total. The Bertz CT molecular complexity index is 1290. The van der Waals surface area contributed by atoms with Gasteiger partial charge in [-0.1, -0.05) is 42.8 Å². The molecule has 1 aromatic heterocycles. The molecular formula is C29H32ClF3N4O3. The fourth-order valence-electron chi connectivity index (χ4n) is 5.60. The van der Waals surface area contributed by atoms with Crippen LogP contribution in [0, 0.1) is 17.8 Å². The van der Waals surface area contributed by atoms with E-state index in [0.717, 1.165) is 37.2 Å². The lowest BCUT2D eigenvalue weighted by Crippen LogP contribution is -2.37. The van der Waals surface area contributed by atoms with Crippen molar-refractivity contribution in [2.75, 3.05) is 26.2 Å². The van der Waals surface area contributed by atoms with Crippen molar-refractivity contribution >= 4 is 17.7 Å². The molecule has 11 heteroatoms. The number of rotatable bonds is 11. The molecule has 2 unspecified atom stereocenters. The van der Waals surface area contributed by atoms with E-state index in [1.54, 1.807) is 40.2 Å². The molecule has 2 atom stereocenters. The molecule has 3 aromatic rings. The van der Waals surface area contributed by atoms with Gasteiger partial charge in [0.2, 0.25) is 5.88 Å². The van der Waals surface area contributed by atoms with Crippen molar-refractivity contribution < 1.29 is 27.4 Å². The van der Waals surface area contributed by atoms with Gasteiger partial charge in [0.05, 0.1) is 12.5 Å². The maximum Gasteiger partial charge on any atom is 0.573 e. The Hall–Kier alpha value is -3.24. The van der Waals surface area contributed by atoms with Crippen LogP contribution >= 0.6 is 11.6 Å². The first-order chi connectivity index (χ1) is 19.2. The number of aryl methyl sites for hydroxylation is 2. The molecule has 1 aliphatic carbocycles. The molecule has 214 valence electrons. The zero-order valence-electron chi connectivity index (χ0n) is 22.2. The van der Waals surface area contributed by atoms with Crippen LogP contribution in [0.4, 0.5) is 18.0 Å². The molecule has 1 aliphatic heterocycles. The van der Waals surface area contributed by atoms with Crippen LogP contribution in [0.15, 0.2) is 61.1 Å². The maximum atomic E-state index is 13.3. The van der Waals surface area contributed by atoms with Crippen LogP contribution in [0.1, 0.15) is 24.5 Å². The van der Waals surface area contributed by atoms with Gasteiger partial charge in [0.15, 0.2) is 0 Å². The summed E-state index contributed by atoms with van der Waals surface area (Å²) in [6.07, 6.45) is -0.266. The normalized spacial score (nSPS) is 20.3. The first-order valence-corrected chi connectivity index (χ1v) is 13.8. The summed E-state index contributed by atoms with van der Waals surface area (Å²) in [6, 6.07) is 13.2. The number of fused-ring (bicyclic) bond motifs is 1. The van der Waals surface area contributed by atoms with Gasteiger partial charge >= 0.3 is 12.5 Å². The topological polar surface area (TPSA) is 59.8 Å². The third kappa shape index (κ3) is 7.48. The van der Waals surface area contributed by atoms with Crippen molar-refractivity contribution in [3.63, 3.8) is 0 Å². The summed E-state index contributed by atoms with van der Waals surface area (Å²) in [5.74, 6) is 1.64. The number of halogens is 4. The molecule has 0 N–H and O–H groups in total. The highest BCUT2D eigenvalue weighted by molar-refractivity contribution is 6.30. The van der Waals surface area contributed by atoms with Gasteiger partial charge in [0.1, 0.15) is 5.75 Å². The predicted molar refractivity (Wildman–Crippen MR) is 144 cm³/mol. The summed E-state index contributed by atoms with van der Waals surface area (Å²) >= 11 is 6.18. The monoisotopic (exact) mass is 576 g/mol. The summed E-state index contributed by atoms with van der Waals surface area (Å²) < 4.78 is 48.4. The average Bonchev–Trinajstić information content (AvgIpc) is 3.22.